The van der Waals surface area contributed by atoms with E-state index in [4.69, 9.17) is 5.11 Å². The van der Waals surface area contributed by atoms with Gasteiger partial charge in [0, 0.05) is 20.2 Å². The van der Waals surface area contributed by atoms with Gasteiger partial charge < -0.3 is 15.3 Å². The fraction of sp³-hybridized carbons (Fsp3) is 0.909. The Morgan fingerprint density at radius 3 is 2.87 bits per heavy atom. The van der Waals surface area contributed by atoms with Gasteiger partial charge in [-0.05, 0) is 38.6 Å². The number of carbonyl (C=O) groups excluding carboxylic acids is 1. The summed E-state index contributed by atoms with van der Waals surface area (Å²) in [6.07, 6.45) is 4.89. The molecule has 0 spiro atoms. The second kappa shape index (κ2) is 6.80. The van der Waals surface area contributed by atoms with Crippen molar-refractivity contribution in [3.05, 3.63) is 0 Å². The van der Waals surface area contributed by atoms with E-state index in [0.29, 0.717) is 0 Å². The highest BCUT2D eigenvalue weighted by molar-refractivity contribution is 5.81. The molecule has 0 saturated carbocycles. The molecule has 0 aromatic rings. The van der Waals surface area contributed by atoms with E-state index in [-0.39, 0.29) is 18.6 Å². The van der Waals surface area contributed by atoms with Crippen molar-refractivity contribution >= 4 is 5.91 Å². The van der Waals surface area contributed by atoms with Gasteiger partial charge in [0.2, 0.25) is 5.91 Å². The van der Waals surface area contributed by atoms with Crippen molar-refractivity contribution in [3.63, 3.8) is 0 Å². The summed E-state index contributed by atoms with van der Waals surface area (Å²) in [6.45, 7) is 2.02. The van der Waals surface area contributed by atoms with Crippen LogP contribution in [0.4, 0.5) is 0 Å². The van der Waals surface area contributed by atoms with E-state index in [1.807, 2.05) is 7.05 Å². The van der Waals surface area contributed by atoms with Crippen molar-refractivity contribution in [2.24, 2.45) is 0 Å². The van der Waals surface area contributed by atoms with Gasteiger partial charge in [-0.2, -0.15) is 0 Å². The molecule has 0 aliphatic carbocycles. The number of unbranched alkanes of at least 4 members (excludes halogenated alkanes) is 2. The van der Waals surface area contributed by atoms with Crippen LogP contribution in [0.15, 0.2) is 0 Å². The summed E-state index contributed by atoms with van der Waals surface area (Å²) in [7, 11) is 1.86. The van der Waals surface area contributed by atoms with E-state index in [1.54, 1.807) is 4.90 Å². The van der Waals surface area contributed by atoms with Gasteiger partial charge in [-0.15, -0.1) is 0 Å². The summed E-state index contributed by atoms with van der Waals surface area (Å²) in [5, 5.41) is 11.8. The second-order valence-corrected chi connectivity index (χ2v) is 4.19. The number of hydrogen-bond acceptors (Lipinski definition) is 3. The lowest BCUT2D eigenvalue weighted by Crippen LogP contribution is -2.41. The molecular weight excluding hydrogens is 192 g/mol. The topological polar surface area (TPSA) is 52.6 Å². The van der Waals surface area contributed by atoms with Crippen molar-refractivity contribution in [1.29, 1.82) is 0 Å². The number of hydrogen-bond donors (Lipinski definition) is 2. The smallest absolute Gasteiger partial charge is 0.239 e. The number of amides is 1. The summed E-state index contributed by atoms with van der Waals surface area (Å²) in [6, 6.07) is 0.0489. The highest BCUT2D eigenvalue weighted by atomic mass is 16.2. The predicted octanol–water partition coefficient (Wildman–Crippen LogP) is 0.359. The summed E-state index contributed by atoms with van der Waals surface area (Å²) in [5.74, 6) is 0.219. The molecule has 1 heterocycles. The van der Waals surface area contributed by atoms with E-state index in [0.717, 1.165) is 45.2 Å². The lowest BCUT2D eigenvalue weighted by molar-refractivity contribution is -0.131. The Hall–Kier alpha value is -0.610. The molecule has 1 saturated heterocycles. The third-order valence-corrected chi connectivity index (χ3v) is 2.89. The van der Waals surface area contributed by atoms with Gasteiger partial charge in [0.15, 0.2) is 0 Å². The Morgan fingerprint density at radius 2 is 2.27 bits per heavy atom. The standard InChI is InChI=1S/C11H22N2O2/c1-13(8-3-2-4-9-14)11(15)10-6-5-7-12-10/h10,12,14H,2-9H2,1H3/t10-/m1/s1. The third kappa shape index (κ3) is 4.18. The number of nitrogens with one attached hydrogen (secondary N) is 1. The largest absolute Gasteiger partial charge is 0.396 e. The molecule has 4 heteroatoms. The maximum atomic E-state index is 11.8. The van der Waals surface area contributed by atoms with Crippen molar-refractivity contribution < 1.29 is 9.90 Å². The van der Waals surface area contributed by atoms with E-state index >= 15 is 0 Å². The Labute approximate surface area is 91.6 Å². The van der Waals surface area contributed by atoms with E-state index in [1.165, 1.54) is 0 Å². The van der Waals surface area contributed by atoms with Crippen LogP contribution in [0.2, 0.25) is 0 Å². The van der Waals surface area contributed by atoms with E-state index in [9.17, 15) is 4.79 Å². The molecule has 2 N–H and O–H groups in total. The lowest BCUT2D eigenvalue weighted by Gasteiger charge is -2.20. The molecule has 1 fully saturated rings. The van der Waals surface area contributed by atoms with Crippen molar-refractivity contribution in [2.75, 3.05) is 26.7 Å². The van der Waals surface area contributed by atoms with Gasteiger partial charge >= 0.3 is 0 Å². The molecule has 0 radical (unpaired) electrons. The fourth-order valence-electron chi connectivity index (χ4n) is 1.91. The van der Waals surface area contributed by atoms with Gasteiger partial charge in [-0.3, -0.25) is 4.79 Å². The van der Waals surface area contributed by atoms with Crippen LogP contribution in [0.5, 0.6) is 0 Å². The number of rotatable bonds is 6. The average molecular weight is 214 g/mol. The zero-order chi connectivity index (χ0) is 11.1. The third-order valence-electron chi connectivity index (χ3n) is 2.89. The first-order valence-corrected chi connectivity index (χ1v) is 5.85. The SMILES string of the molecule is CN(CCCCCO)C(=O)[C@H]1CCCN1. The molecular formula is C11H22N2O2. The van der Waals surface area contributed by atoms with Gasteiger partial charge in [0.05, 0.1) is 6.04 Å². The fourth-order valence-corrected chi connectivity index (χ4v) is 1.91. The monoisotopic (exact) mass is 214 g/mol. The zero-order valence-corrected chi connectivity index (χ0v) is 9.54. The van der Waals surface area contributed by atoms with E-state index < -0.39 is 0 Å². The van der Waals surface area contributed by atoms with Crippen LogP contribution in [0.3, 0.4) is 0 Å². The molecule has 0 aromatic carbocycles. The van der Waals surface area contributed by atoms with Gasteiger partial charge in [-0.25, -0.2) is 0 Å². The number of likely N-dealkylation sites (N-methyl/N-ethyl adjacent to an activating group) is 1. The summed E-state index contributed by atoms with van der Waals surface area (Å²) in [4.78, 5) is 13.6. The van der Waals surface area contributed by atoms with Crippen LogP contribution in [-0.2, 0) is 4.79 Å². The van der Waals surface area contributed by atoms with Crippen LogP contribution in [-0.4, -0.2) is 48.7 Å². The minimum Gasteiger partial charge on any atom is -0.396 e. The van der Waals surface area contributed by atoms with Crippen molar-refractivity contribution in [1.82, 2.24) is 10.2 Å². The number of nitrogens with zero attached hydrogens (tertiary/aromatic N) is 1. The van der Waals surface area contributed by atoms with Crippen LogP contribution in [0.25, 0.3) is 0 Å². The van der Waals surface area contributed by atoms with Crippen LogP contribution in [0.1, 0.15) is 32.1 Å². The molecule has 4 nitrogen and oxygen atoms in total. The first-order valence-electron chi connectivity index (χ1n) is 5.85. The minimum absolute atomic E-state index is 0.0489. The minimum atomic E-state index is 0.0489. The zero-order valence-electron chi connectivity index (χ0n) is 9.54. The molecule has 1 aliphatic rings. The Balaban J connectivity index is 2.14. The lowest BCUT2D eigenvalue weighted by atomic mass is 10.2. The normalized spacial score (nSPS) is 20.5. The second-order valence-electron chi connectivity index (χ2n) is 4.19. The molecule has 1 aliphatic heterocycles. The van der Waals surface area contributed by atoms with Gasteiger partial charge in [0.1, 0.15) is 0 Å². The first kappa shape index (κ1) is 12.5. The maximum Gasteiger partial charge on any atom is 0.239 e. The molecule has 15 heavy (non-hydrogen) atoms. The quantitative estimate of drug-likeness (QED) is 0.628. The highest BCUT2D eigenvalue weighted by Gasteiger charge is 2.24. The van der Waals surface area contributed by atoms with E-state index in [2.05, 4.69) is 5.32 Å². The molecule has 1 amide bonds. The molecule has 0 unspecified atom stereocenters. The summed E-state index contributed by atoms with van der Waals surface area (Å²) >= 11 is 0. The van der Waals surface area contributed by atoms with Crippen LogP contribution in [0, 0.1) is 0 Å². The Morgan fingerprint density at radius 1 is 1.47 bits per heavy atom. The van der Waals surface area contributed by atoms with Crippen molar-refractivity contribution in [2.45, 2.75) is 38.1 Å². The predicted molar refractivity (Wildman–Crippen MR) is 59.6 cm³/mol. The van der Waals surface area contributed by atoms with Gasteiger partial charge in [0.25, 0.3) is 0 Å². The number of aliphatic hydroxyl groups is 1. The summed E-state index contributed by atoms with van der Waals surface area (Å²) in [5.41, 5.74) is 0. The van der Waals surface area contributed by atoms with Crippen LogP contribution < -0.4 is 5.32 Å². The molecule has 0 bridgehead atoms. The van der Waals surface area contributed by atoms with Crippen LogP contribution >= 0.6 is 0 Å². The molecule has 1 rings (SSSR count). The number of carbonyl (C=O) groups is 1. The average Bonchev–Trinajstić information content (AvgIpc) is 2.76. The molecule has 88 valence electrons. The Bertz CT molecular complexity index is 191. The maximum absolute atomic E-state index is 11.8. The summed E-state index contributed by atoms with van der Waals surface area (Å²) < 4.78 is 0. The van der Waals surface area contributed by atoms with Crippen molar-refractivity contribution in [3.8, 4) is 0 Å². The Kier molecular flexibility index (Phi) is 5.65. The highest BCUT2D eigenvalue weighted by Crippen LogP contribution is 2.08. The molecule has 0 aromatic heterocycles. The first-order chi connectivity index (χ1) is 7.25. The number of aliphatic hydroxyl groups excluding tert-OH is 1. The van der Waals surface area contributed by atoms with Gasteiger partial charge in [-0.1, -0.05) is 0 Å². The molecule has 1 atom stereocenters.